The molecule has 0 spiro atoms. The third-order valence-electron chi connectivity index (χ3n) is 4.47. The maximum Gasteiger partial charge on any atom is 0.254 e. The fourth-order valence-corrected chi connectivity index (χ4v) is 3.24. The molecule has 2 aliphatic rings. The summed E-state index contributed by atoms with van der Waals surface area (Å²) in [5, 5.41) is 2.56. The molecule has 130 valence electrons. The van der Waals surface area contributed by atoms with E-state index in [0.29, 0.717) is 19.6 Å². The summed E-state index contributed by atoms with van der Waals surface area (Å²) >= 11 is 0. The van der Waals surface area contributed by atoms with Gasteiger partial charge in [-0.05, 0) is 18.2 Å². The normalized spacial score (nSPS) is 14.5. The number of carbonyl (C=O) groups excluding carboxylic acids is 1. The summed E-state index contributed by atoms with van der Waals surface area (Å²) in [6.45, 7) is 1.19. The van der Waals surface area contributed by atoms with Crippen LogP contribution < -0.4 is 14.8 Å². The minimum atomic E-state index is -1.66. The average molecular weight is 349 g/mol. The standard InChI is InChI=1S/C18H14F3NO3/c19-13-2-1-11(15(20)16(13)21)18(23)22-8-12-10-4-6-24-14(10)7-9-3-5-25-17(9)12/h1-2,7H,3-6,8H2,(H,22,23). The summed E-state index contributed by atoms with van der Waals surface area (Å²) in [5.74, 6) is -3.83. The number of hydrogen-bond acceptors (Lipinski definition) is 3. The summed E-state index contributed by atoms with van der Waals surface area (Å²) < 4.78 is 51.3. The molecule has 2 aromatic rings. The molecule has 1 amide bonds. The molecule has 0 saturated heterocycles. The van der Waals surface area contributed by atoms with Gasteiger partial charge in [0, 0.05) is 36.1 Å². The van der Waals surface area contributed by atoms with Crippen molar-refractivity contribution in [2.24, 2.45) is 0 Å². The first-order valence-electron chi connectivity index (χ1n) is 7.91. The van der Waals surface area contributed by atoms with Crippen LogP contribution in [0.15, 0.2) is 18.2 Å². The van der Waals surface area contributed by atoms with Crippen molar-refractivity contribution in [3.63, 3.8) is 0 Å². The molecule has 2 heterocycles. The number of amides is 1. The van der Waals surface area contributed by atoms with Crippen molar-refractivity contribution < 1.29 is 27.4 Å². The molecule has 0 unspecified atom stereocenters. The highest BCUT2D eigenvalue weighted by atomic mass is 19.2. The zero-order valence-electron chi connectivity index (χ0n) is 13.1. The predicted octanol–water partition coefficient (Wildman–Crippen LogP) is 2.90. The van der Waals surface area contributed by atoms with Gasteiger partial charge in [0.05, 0.1) is 18.8 Å². The van der Waals surface area contributed by atoms with Crippen LogP contribution in [0.2, 0.25) is 0 Å². The van der Waals surface area contributed by atoms with Crippen LogP contribution in [-0.2, 0) is 19.4 Å². The predicted molar refractivity (Wildman–Crippen MR) is 82.3 cm³/mol. The van der Waals surface area contributed by atoms with E-state index in [2.05, 4.69) is 5.32 Å². The number of hydrogen-bond donors (Lipinski definition) is 1. The van der Waals surface area contributed by atoms with Gasteiger partial charge in [0.2, 0.25) is 0 Å². The van der Waals surface area contributed by atoms with Gasteiger partial charge in [-0.1, -0.05) is 0 Å². The summed E-state index contributed by atoms with van der Waals surface area (Å²) in [6, 6.07) is 3.59. The van der Waals surface area contributed by atoms with Gasteiger partial charge in [0.1, 0.15) is 11.5 Å². The maximum atomic E-state index is 13.8. The third-order valence-corrected chi connectivity index (χ3v) is 4.47. The topological polar surface area (TPSA) is 47.6 Å². The number of nitrogens with one attached hydrogen (secondary N) is 1. The van der Waals surface area contributed by atoms with Gasteiger partial charge < -0.3 is 14.8 Å². The highest BCUT2D eigenvalue weighted by molar-refractivity contribution is 5.94. The quantitative estimate of drug-likeness (QED) is 0.867. The first-order chi connectivity index (χ1) is 12.1. The van der Waals surface area contributed by atoms with Crippen molar-refractivity contribution in [3.8, 4) is 11.5 Å². The van der Waals surface area contributed by atoms with E-state index in [0.717, 1.165) is 46.7 Å². The Bertz CT molecular complexity index is 850. The second-order valence-corrected chi connectivity index (χ2v) is 5.92. The Morgan fingerprint density at radius 2 is 1.88 bits per heavy atom. The molecule has 0 fully saturated rings. The lowest BCUT2D eigenvalue weighted by molar-refractivity contribution is 0.0945. The van der Waals surface area contributed by atoms with E-state index in [1.807, 2.05) is 6.07 Å². The maximum absolute atomic E-state index is 13.8. The SMILES string of the molecule is O=C(NCc1c2c(cc3c1OCC3)OCC2)c1ccc(F)c(F)c1F. The zero-order valence-corrected chi connectivity index (χ0v) is 13.1. The number of carbonyl (C=O) groups is 1. The van der Waals surface area contributed by atoms with Crippen LogP contribution in [0, 0.1) is 17.5 Å². The number of fused-ring (bicyclic) bond motifs is 2. The molecule has 0 atom stereocenters. The van der Waals surface area contributed by atoms with Crippen LogP contribution in [0.3, 0.4) is 0 Å². The Kier molecular flexibility index (Phi) is 3.78. The summed E-state index contributed by atoms with van der Waals surface area (Å²) in [7, 11) is 0. The largest absolute Gasteiger partial charge is 0.493 e. The van der Waals surface area contributed by atoms with Gasteiger partial charge in [-0.25, -0.2) is 13.2 Å². The molecule has 2 aromatic carbocycles. The van der Waals surface area contributed by atoms with Crippen LogP contribution in [0.4, 0.5) is 13.2 Å². The monoisotopic (exact) mass is 349 g/mol. The summed E-state index contributed by atoms with van der Waals surface area (Å²) in [5.41, 5.74) is 2.20. The fraction of sp³-hybridized carbons (Fsp3) is 0.278. The molecular weight excluding hydrogens is 335 g/mol. The van der Waals surface area contributed by atoms with E-state index < -0.39 is 28.9 Å². The van der Waals surface area contributed by atoms with Crippen molar-refractivity contribution in [1.82, 2.24) is 5.32 Å². The van der Waals surface area contributed by atoms with E-state index in [1.165, 1.54) is 0 Å². The van der Waals surface area contributed by atoms with Gasteiger partial charge in [-0.2, -0.15) is 0 Å². The molecular formula is C18H14F3NO3. The first-order valence-corrected chi connectivity index (χ1v) is 7.91. The fourth-order valence-electron chi connectivity index (χ4n) is 3.24. The van der Waals surface area contributed by atoms with E-state index in [4.69, 9.17) is 9.47 Å². The molecule has 4 rings (SSSR count). The van der Waals surface area contributed by atoms with Crippen molar-refractivity contribution in [2.45, 2.75) is 19.4 Å². The van der Waals surface area contributed by atoms with Crippen LogP contribution in [-0.4, -0.2) is 19.1 Å². The zero-order chi connectivity index (χ0) is 17.6. The van der Waals surface area contributed by atoms with Gasteiger partial charge >= 0.3 is 0 Å². The van der Waals surface area contributed by atoms with Crippen LogP contribution >= 0.6 is 0 Å². The van der Waals surface area contributed by atoms with E-state index >= 15 is 0 Å². The Morgan fingerprint density at radius 3 is 2.72 bits per heavy atom. The van der Waals surface area contributed by atoms with Gasteiger partial charge in [-0.3, -0.25) is 4.79 Å². The molecule has 7 heteroatoms. The Hall–Kier alpha value is -2.70. The highest BCUT2D eigenvalue weighted by Gasteiger charge is 2.27. The smallest absolute Gasteiger partial charge is 0.254 e. The lowest BCUT2D eigenvalue weighted by Gasteiger charge is -2.14. The van der Waals surface area contributed by atoms with Crippen LogP contribution in [0.5, 0.6) is 11.5 Å². The molecule has 0 bridgehead atoms. The first kappa shape index (κ1) is 15.8. The minimum Gasteiger partial charge on any atom is -0.493 e. The second-order valence-electron chi connectivity index (χ2n) is 5.92. The van der Waals surface area contributed by atoms with E-state index in [1.54, 1.807) is 0 Å². The van der Waals surface area contributed by atoms with Gasteiger partial charge in [0.25, 0.3) is 5.91 Å². The lowest BCUT2D eigenvalue weighted by atomic mass is 9.99. The summed E-state index contributed by atoms with van der Waals surface area (Å²) in [4.78, 5) is 12.2. The van der Waals surface area contributed by atoms with E-state index in [-0.39, 0.29) is 6.54 Å². The molecule has 4 nitrogen and oxygen atoms in total. The average Bonchev–Trinajstić information content (AvgIpc) is 3.25. The molecule has 2 aliphatic heterocycles. The Morgan fingerprint density at radius 1 is 1.08 bits per heavy atom. The van der Waals surface area contributed by atoms with E-state index in [9.17, 15) is 18.0 Å². The number of benzene rings is 2. The number of ether oxygens (including phenoxy) is 2. The second kappa shape index (κ2) is 5.98. The van der Waals surface area contributed by atoms with Gasteiger partial charge in [0.15, 0.2) is 17.5 Å². The van der Waals surface area contributed by atoms with Crippen molar-refractivity contribution in [3.05, 3.63) is 57.9 Å². The van der Waals surface area contributed by atoms with Crippen molar-refractivity contribution in [1.29, 1.82) is 0 Å². The third kappa shape index (κ3) is 2.59. The Balaban J connectivity index is 1.61. The van der Waals surface area contributed by atoms with Gasteiger partial charge in [-0.15, -0.1) is 0 Å². The molecule has 0 aromatic heterocycles. The molecule has 25 heavy (non-hydrogen) atoms. The summed E-state index contributed by atoms with van der Waals surface area (Å²) in [6.07, 6.45) is 1.45. The molecule has 0 aliphatic carbocycles. The lowest BCUT2D eigenvalue weighted by Crippen LogP contribution is -2.25. The van der Waals surface area contributed by atoms with Crippen LogP contribution in [0.25, 0.3) is 0 Å². The Labute approximate surface area is 141 Å². The minimum absolute atomic E-state index is 0.0894. The van der Waals surface area contributed by atoms with Crippen LogP contribution in [0.1, 0.15) is 27.0 Å². The molecule has 0 saturated carbocycles. The highest BCUT2D eigenvalue weighted by Crippen LogP contribution is 2.40. The number of rotatable bonds is 3. The molecule has 0 radical (unpaired) electrons. The number of halogens is 3. The van der Waals surface area contributed by atoms with Crippen molar-refractivity contribution >= 4 is 5.91 Å². The molecule has 1 N–H and O–H groups in total. The van der Waals surface area contributed by atoms with Crippen molar-refractivity contribution in [2.75, 3.05) is 13.2 Å².